The Morgan fingerprint density at radius 2 is 2.15 bits per heavy atom. The summed E-state index contributed by atoms with van der Waals surface area (Å²) in [5.41, 5.74) is 6.46. The van der Waals surface area contributed by atoms with Crippen LogP contribution in [0.15, 0.2) is 24.3 Å². The molecule has 1 aliphatic carbocycles. The van der Waals surface area contributed by atoms with Gasteiger partial charge in [-0.2, -0.15) is 0 Å². The largest absolute Gasteiger partial charge is 0.335 e. The Labute approximate surface area is 120 Å². The first-order valence-corrected chi connectivity index (χ1v) is 7.37. The third-order valence-corrected chi connectivity index (χ3v) is 4.07. The molecule has 0 bridgehead atoms. The zero-order chi connectivity index (χ0) is 14.5. The van der Waals surface area contributed by atoms with Crippen molar-refractivity contribution in [2.24, 2.45) is 11.7 Å². The van der Waals surface area contributed by atoms with E-state index < -0.39 is 0 Å². The Kier molecular flexibility index (Phi) is 5.12. The summed E-state index contributed by atoms with van der Waals surface area (Å²) in [6, 6.07) is 6.76. The van der Waals surface area contributed by atoms with Crippen molar-refractivity contribution < 1.29 is 9.18 Å². The minimum atomic E-state index is -0.256. The summed E-state index contributed by atoms with van der Waals surface area (Å²) in [6.07, 6.45) is 4.40. The average Bonchev–Trinajstić information content (AvgIpc) is 2.97. The summed E-state index contributed by atoms with van der Waals surface area (Å²) in [6.45, 7) is 2.69. The van der Waals surface area contributed by atoms with E-state index in [0.717, 1.165) is 31.2 Å². The molecular weight excluding hydrogens is 255 g/mol. The number of hydrogen-bond acceptors (Lipinski definition) is 2. The Hall–Kier alpha value is -1.42. The van der Waals surface area contributed by atoms with Crippen molar-refractivity contribution in [3.8, 4) is 0 Å². The van der Waals surface area contributed by atoms with Crippen LogP contribution < -0.4 is 5.73 Å². The van der Waals surface area contributed by atoms with Gasteiger partial charge < -0.3 is 10.6 Å². The molecule has 0 heterocycles. The summed E-state index contributed by atoms with van der Waals surface area (Å²) < 4.78 is 13.3. The quantitative estimate of drug-likeness (QED) is 0.900. The maximum Gasteiger partial charge on any atom is 0.227 e. The summed E-state index contributed by atoms with van der Waals surface area (Å²) in [4.78, 5) is 14.4. The molecule has 1 atom stereocenters. The van der Waals surface area contributed by atoms with E-state index in [1.165, 1.54) is 12.1 Å². The number of carbonyl (C=O) groups excluding carboxylic acids is 1. The lowest BCUT2D eigenvalue weighted by molar-refractivity contribution is -0.137. The summed E-state index contributed by atoms with van der Waals surface area (Å²) in [7, 11) is 0. The SMILES string of the molecule is CC(CN)C(=O)N(Cc1cccc(F)c1)C1CCCC1. The van der Waals surface area contributed by atoms with Crippen LogP contribution in [0.1, 0.15) is 38.2 Å². The molecule has 0 saturated heterocycles. The van der Waals surface area contributed by atoms with Crippen LogP contribution in [0, 0.1) is 11.7 Å². The van der Waals surface area contributed by atoms with Gasteiger partial charge in [0.1, 0.15) is 5.82 Å². The average molecular weight is 278 g/mol. The van der Waals surface area contributed by atoms with Crippen molar-refractivity contribution in [3.63, 3.8) is 0 Å². The smallest absolute Gasteiger partial charge is 0.227 e. The first-order valence-electron chi connectivity index (χ1n) is 7.37. The molecule has 1 saturated carbocycles. The number of nitrogens with two attached hydrogens (primary N) is 1. The summed E-state index contributed by atoms with van der Waals surface area (Å²) in [5, 5.41) is 0. The number of carbonyl (C=O) groups is 1. The molecule has 0 radical (unpaired) electrons. The van der Waals surface area contributed by atoms with Gasteiger partial charge in [-0.1, -0.05) is 31.9 Å². The Morgan fingerprint density at radius 1 is 1.45 bits per heavy atom. The second-order valence-corrected chi connectivity index (χ2v) is 5.67. The van der Waals surface area contributed by atoms with Crippen LogP contribution in [0.3, 0.4) is 0 Å². The first kappa shape index (κ1) is 15.0. The lowest BCUT2D eigenvalue weighted by Gasteiger charge is -2.31. The van der Waals surface area contributed by atoms with Crippen molar-refractivity contribution in [2.45, 2.75) is 45.2 Å². The number of rotatable bonds is 5. The van der Waals surface area contributed by atoms with Crippen LogP contribution in [0.5, 0.6) is 0 Å². The van der Waals surface area contributed by atoms with E-state index in [-0.39, 0.29) is 23.7 Å². The van der Waals surface area contributed by atoms with Gasteiger partial charge in [0.2, 0.25) is 5.91 Å². The van der Waals surface area contributed by atoms with Crippen LogP contribution in [0.25, 0.3) is 0 Å². The van der Waals surface area contributed by atoms with Gasteiger partial charge in [-0.05, 0) is 30.5 Å². The van der Waals surface area contributed by atoms with Crippen LogP contribution in [0.2, 0.25) is 0 Å². The molecule has 1 aromatic rings. The van der Waals surface area contributed by atoms with Gasteiger partial charge in [-0.25, -0.2) is 4.39 Å². The predicted molar refractivity (Wildman–Crippen MR) is 77.4 cm³/mol. The molecule has 20 heavy (non-hydrogen) atoms. The van der Waals surface area contributed by atoms with Gasteiger partial charge in [-0.15, -0.1) is 0 Å². The zero-order valence-corrected chi connectivity index (χ0v) is 12.0. The topological polar surface area (TPSA) is 46.3 Å². The Bertz CT molecular complexity index is 458. The molecule has 1 aliphatic rings. The van der Waals surface area contributed by atoms with Crippen molar-refractivity contribution in [3.05, 3.63) is 35.6 Å². The summed E-state index contributed by atoms with van der Waals surface area (Å²) >= 11 is 0. The predicted octanol–water partition coefficient (Wildman–Crippen LogP) is 2.69. The number of hydrogen-bond donors (Lipinski definition) is 1. The fraction of sp³-hybridized carbons (Fsp3) is 0.562. The highest BCUT2D eigenvalue weighted by atomic mass is 19.1. The molecule has 1 unspecified atom stereocenters. The molecular formula is C16H23FN2O. The molecule has 1 amide bonds. The molecule has 0 aromatic heterocycles. The van der Waals surface area contributed by atoms with Crippen molar-refractivity contribution in [1.29, 1.82) is 0 Å². The van der Waals surface area contributed by atoms with E-state index >= 15 is 0 Å². The van der Waals surface area contributed by atoms with Crippen molar-refractivity contribution >= 4 is 5.91 Å². The van der Waals surface area contributed by atoms with Crippen LogP contribution in [-0.2, 0) is 11.3 Å². The van der Waals surface area contributed by atoms with Gasteiger partial charge in [0.15, 0.2) is 0 Å². The second kappa shape index (κ2) is 6.84. The Morgan fingerprint density at radius 3 is 2.75 bits per heavy atom. The van der Waals surface area contributed by atoms with Gasteiger partial charge in [0.05, 0.1) is 0 Å². The van der Waals surface area contributed by atoms with Gasteiger partial charge in [0, 0.05) is 25.0 Å². The first-order chi connectivity index (χ1) is 9.61. The molecule has 1 fully saturated rings. The van der Waals surface area contributed by atoms with Crippen molar-refractivity contribution in [2.75, 3.05) is 6.54 Å². The van der Waals surface area contributed by atoms with Gasteiger partial charge >= 0.3 is 0 Å². The zero-order valence-electron chi connectivity index (χ0n) is 12.0. The minimum Gasteiger partial charge on any atom is -0.335 e. The fourth-order valence-electron chi connectivity index (χ4n) is 2.82. The molecule has 4 heteroatoms. The standard InChI is InChI=1S/C16H23FN2O/c1-12(10-18)16(20)19(15-7-2-3-8-15)11-13-5-4-6-14(17)9-13/h4-6,9,12,15H,2-3,7-8,10-11,18H2,1H3. The van der Waals surface area contributed by atoms with E-state index in [4.69, 9.17) is 5.73 Å². The fourth-order valence-corrected chi connectivity index (χ4v) is 2.82. The number of nitrogens with zero attached hydrogens (tertiary/aromatic N) is 1. The normalized spacial score (nSPS) is 17.1. The molecule has 2 rings (SSSR count). The molecule has 0 aliphatic heterocycles. The number of amides is 1. The molecule has 1 aromatic carbocycles. The number of halogens is 1. The van der Waals surface area contributed by atoms with E-state index in [1.807, 2.05) is 17.9 Å². The third kappa shape index (κ3) is 3.57. The van der Waals surface area contributed by atoms with Crippen molar-refractivity contribution in [1.82, 2.24) is 4.90 Å². The Balaban J connectivity index is 2.15. The monoisotopic (exact) mass is 278 g/mol. The van der Waals surface area contributed by atoms with E-state index in [0.29, 0.717) is 13.1 Å². The molecule has 3 nitrogen and oxygen atoms in total. The van der Waals surface area contributed by atoms with E-state index in [1.54, 1.807) is 6.07 Å². The van der Waals surface area contributed by atoms with E-state index in [9.17, 15) is 9.18 Å². The highest BCUT2D eigenvalue weighted by Gasteiger charge is 2.29. The molecule has 110 valence electrons. The van der Waals surface area contributed by atoms with Gasteiger partial charge in [-0.3, -0.25) is 4.79 Å². The van der Waals surface area contributed by atoms with Gasteiger partial charge in [0.25, 0.3) is 0 Å². The second-order valence-electron chi connectivity index (χ2n) is 5.67. The highest BCUT2D eigenvalue weighted by Crippen LogP contribution is 2.26. The lowest BCUT2D eigenvalue weighted by Crippen LogP contribution is -2.43. The van der Waals surface area contributed by atoms with E-state index in [2.05, 4.69) is 0 Å². The summed E-state index contributed by atoms with van der Waals surface area (Å²) in [5.74, 6) is -0.346. The molecule has 0 spiro atoms. The maximum atomic E-state index is 13.3. The minimum absolute atomic E-state index is 0.0867. The van der Waals surface area contributed by atoms with Crippen LogP contribution >= 0.6 is 0 Å². The third-order valence-electron chi connectivity index (χ3n) is 4.07. The van der Waals surface area contributed by atoms with Crippen LogP contribution in [-0.4, -0.2) is 23.4 Å². The molecule has 2 N–H and O–H groups in total. The van der Waals surface area contributed by atoms with Crippen LogP contribution in [0.4, 0.5) is 4.39 Å². The lowest BCUT2D eigenvalue weighted by atomic mass is 10.1. The number of benzene rings is 1. The maximum absolute atomic E-state index is 13.3. The highest BCUT2D eigenvalue weighted by molar-refractivity contribution is 5.79.